The molecule has 382 valence electrons. The van der Waals surface area contributed by atoms with Gasteiger partial charge in [-0.25, -0.2) is 0 Å². The summed E-state index contributed by atoms with van der Waals surface area (Å²) in [6, 6.07) is 54.0. The van der Waals surface area contributed by atoms with Gasteiger partial charge in [0.1, 0.15) is 0 Å². The fraction of sp³-hybridized carbons (Fsp3) is 0.333. The first-order valence-corrected chi connectivity index (χ1v) is 28.1. The molecule has 0 saturated heterocycles. The summed E-state index contributed by atoms with van der Waals surface area (Å²) in [5.41, 5.74) is 26.2. The van der Waals surface area contributed by atoms with Gasteiger partial charge in [-0.2, -0.15) is 0 Å². The van der Waals surface area contributed by atoms with Crippen LogP contribution in [0.4, 0.5) is 0 Å². The van der Waals surface area contributed by atoms with Crippen molar-refractivity contribution in [2.45, 2.75) is 157 Å². The molecule has 5 heterocycles. The third-order valence-corrected chi connectivity index (χ3v) is 17.7. The Morgan fingerprint density at radius 1 is 0.263 bits per heavy atom. The van der Waals surface area contributed by atoms with E-state index < -0.39 is 0 Å². The fourth-order valence-corrected chi connectivity index (χ4v) is 13.1. The van der Waals surface area contributed by atoms with Crippen LogP contribution in [0, 0.1) is 0 Å². The van der Waals surface area contributed by atoms with Crippen LogP contribution in [0.15, 0.2) is 133 Å². The zero-order valence-corrected chi connectivity index (χ0v) is 48.6. The smallest absolute Gasteiger partial charge is 0.329 e. The summed E-state index contributed by atoms with van der Waals surface area (Å²) in [6.07, 6.45) is 0. The van der Waals surface area contributed by atoms with Crippen LogP contribution in [0.25, 0.3) is 99.0 Å². The molecule has 0 radical (unpaired) electrons. The molecule has 13 rings (SSSR count). The second-order valence-corrected chi connectivity index (χ2v) is 29.3. The molecule has 0 saturated carbocycles. The highest BCUT2D eigenvalue weighted by atomic mass is 15.0. The molecule has 0 aliphatic carbocycles. The lowest BCUT2D eigenvalue weighted by atomic mass is 9.45. The predicted molar refractivity (Wildman–Crippen MR) is 332 cm³/mol. The van der Waals surface area contributed by atoms with Crippen LogP contribution in [0.1, 0.15) is 158 Å². The van der Waals surface area contributed by atoms with Crippen LogP contribution in [0.2, 0.25) is 0 Å². The van der Waals surface area contributed by atoms with E-state index in [0.717, 1.165) is 0 Å². The standard InChI is InChI=1S/C72H76BN3/c1-67(2,3)41-19-27-61-51(31-41)52-32-42(68(4,5)6)20-28-62(52)74(61)47-23-25-49-55-35-45(71(13,14)15)37-57-58-38-46(72(16,17)18)36-56-50-26-24-48(40-60(50)73(59(49)39-47)76(65(55)57)66(56)58)75-63-29-21-43(69(7,8)9)33-53(63)54-34-44(70(10,11)12)22-30-64(54)75/h19-40H,1-18H3. The summed E-state index contributed by atoms with van der Waals surface area (Å²) in [5.74, 6) is 0. The molecular weight excluding hydrogens is 918 g/mol. The van der Waals surface area contributed by atoms with Gasteiger partial charge in [-0.05, 0) is 185 Å². The maximum atomic E-state index is 2.78. The Bertz CT molecular complexity index is 3910. The zero-order valence-electron chi connectivity index (χ0n) is 48.6. The van der Waals surface area contributed by atoms with Gasteiger partial charge in [-0.3, -0.25) is 0 Å². The summed E-state index contributed by atoms with van der Waals surface area (Å²) in [5, 5.41) is 7.96. The molecule has 0 fully saturated rings. The zero-order chi connectivity index (χ0) is 53.9. The number of hydrogen-bond acceptors (Lipinski definition) is 0. The number of nitrogens with zero attached hydrogens (tertiary/aromatic N) is 3. The molecule has 76 heavy (non-hydrogen) atoms. The van der Waals surface area contributed by atoms with E-state index >= 15 is 0 Å². The minimum atomic E-state index is -0.0768. The summed E-state index contributed by atoms with van der Waals surface area (Å²) in [6.45, 7) is 42.1. The third-order valence-electron chi connectivity index (χ3n) is 17.7. The van der Waals surface area contributed by atoms with Crippen molar-refractivity contribution in [3.63, 3.8) is 0 Å². The molecule has 0 amide bonds. The Hall–Kier alpha value is -6.78. The van der Waals surface area contributed by atoms with E-state index in [1.54, 1.807) is 0 Å². The first kappa shape index (κ1) is 48.8. The molecule has 0 bridgehead atoms. The van der Waals surface area contributed by atoms with Gasteiger partial charge < -0.3 is 13.6 Å². The first-order chi connectivity index (χ1) is 35.5. The van der Waals surface area contributed by atoms with Crippen molar-refractivity contribution in [1.82, 2.24) is 13.6 Å². The molecule has 0 N–H and O–H groups in total. The van der Waals surface area contributed by atoms with E-state index in [-0.39, 0.29) is 39.3 Å². The highest BCUT2D eigenvalue weighted by Gasteiger charge is 2.41. The topological polar surface area (TPSA) is 14.8 Å². The molecule has 4 heteroatoms. The molecule has 11 aromatic rings. The summed E-state index contributed by atoms with van der Waals surface area (Å²) in [4.78, 5) is 0. The van der Waals surface area contributed by atoms with Crippen molar-refractivity contribution in [2.24, 2.45) is 0 Å². The molecule has 8 aromatic carbocycles. The van der Waals surface area contributed by atoms with Crippen LogP contribution in [-0.4, -0.2) is 20.5 Å². The second-order valence-electron chi connectivity index (χ2n) is 29.3. The third kappa shape index (κ3) is 7.14. The average molecular weight is 994 g/mol. The molecule has 0 spiro atoms. The summed E-state index contributed by atoms with van der Waals surface area (Å²) >= 11 is 0. The maximum absolute atomic E-state index is 2.78. The van der Waals surface area contributed by atoms with Crippen LogP contribution in [-0.2, 0) is 32.5 Å². The highest BCUT2D eigenvalue weighted by Crippen LogP contribution is 2.49. The monoisotopic (exact) mass is 994 g/mol. The van der Waals surface area contributed by atoms with Crippen molar-refractivity contribution >= 4 is 83.2 Å². The average Bonchev–Trinajstić information content (AvgIpc) is 4.19. The van der Waals surface area contributed by atoms with Crippen molar-refractivity contribution in [2.75, 3.05) is 0 Å². The van der Waals surface area contributed by atoms with Crippen LogP contribution in [0.5, 0.6) is 0 Å². The first-order valence-electron chi connectivity index (χ1n) is 28.1. The normalized spacial score (nSPS) is 14.2. The molecule has 0 unspecified atom stereocenters. The lowest BCUT2D eigenvalue weighted by Crippen LogP contribution is -2.53. The second kappa shape index (κ2) is 15.5. The van der Waals surface area contributed by atoms with Crippen molar-refractivity contribution in [3.8, 4) is 33.6 Å². The summed E-state index contributed by atoms with van der Waals surface area (Å²) in [7, 11) is 0. The molecule has 2 aliphatic rings. The van der Waals surface area contributed by atoms with Crippen molar-refractivity contribution in [1.29, 1.82) is 0 Å². The Labute approximate surface area is 452 Å². The minimum absolute atomic E-state index is 0.0178. The SMILES string of the molecule is CC(C)(C)c1cc2c3c(c1)c1cc(C(C)(C)C)cc4c1n3B(c1cc(-n3c5ccc(C(C)(C)C)cc5c5cc(C(C)(C)C)ccc53)ccc1-2)c1cc(-n2c3ccc(C(C)(C)C)cc3c3cc(C(C)(C)C)ccc32)ccc1-4. The van der Waals surface area contributed by atoms with Crippen molar-refractivity contribution in [3.05, 3.63) is 167 Å². The molecule has 3 nitrogen and oxygen atoms in total. The van der Waals surface area contributed by atoms with Gasteiger partial charge in [0.25, 0.3) is 0 Å². The highest BCUT2D eigenvalue weighted by molar-refractivity contribution is 6.89. The number of rotatable bonds is 2. The van der Waals surface area contributed by atoms with E-state index in [4.69, 9.17) is 0 Å². The number of hydrogen-bond donors (Lipinski definition) is 0. The molecule has 2 aliphatic heterocycles. The van der Waals surface area contributed by atoms with Gasteiger partial charge in [-0.15, -0.1) is 0 Å². The Balaban J connectivity index is 1.14. The molecular formula is C72H76BN3. The summed E-state index contributed by atoms with van der Waals surface area (Å²) < 4.78 is 7.90. The van der Waals surface area contributed by atoms with E-state index in [0.29, 0.717) is 0 Å². The van der Waals surface area contributed by atoms with Gasteiger partial charge in [0.15, 0.2) is 0 Å². The number of fused-ring (bicyclic) bond motifs is 13. The Kier molecular flexibility index (Phi) is 9.93. The van der Waals surface area contributed by atoms with E-state index in [2.05, 4.69) is 272 Å². The van der Waals surface area contributed by atoms with Gasteiger partial charge in [0.05, 0.1) is 22.1 Å². The van der Waals surface area contributed by atoms with Crippen molar-refractivity contribution < 1.29 is 0 Å². The molecule has 3 aromatic heterocycles. The quantitative estimate of drug-likeness (QED) is 0.153. The van der Waals surface area contributed by atoms with Crippen LogP contribution >= 0.6 is 0 Å². The Morgan fingerprint density at radius 2 is 0.539 bits per heavy atom. The van der Waals surface area contributed by atoms with Gasteiger partial charge in [-0.1, -0.05) is 161 Å². The van der Waals surface area contributed by atoms with E-state index in [9.17, 15) is 0 Å². The van der Waals surface area contributed by atoms with Gasteiger partial charge in [0.2, 0.25) is 0 Å². The lowest BCUT2D eigenvalue weighted by molar-refractivity contribution is 0.590. The maximum Gasteiger partial charge on any atom is 0.329 e. The van der Waals surface area contributed by atoms with Crippen LogP contribution < -0.4 is 10.9 Å². The minimum Gasteiger partial charge on any atom is -0.375 e. The molecule has 0 atom stereocenters. The predicted octanol–water partition coefficient (Wildman–Crippen LogP) is 18.4. The largest absolute Gasteiger partial charge is 0.375 e. The van der Waals surface area contributed by atoms with Gasteiger partial charge >= 0.3 is 6.85 Å². The number of benzene rings is 8. The Morgan fingerprint density at radius 3 is 0.816 bits per heavy atom. The van der Waals surface area contributed by atoms with E-state index in [1.807, 2.05) is 0 Å². The fourth-order valence-electron chi connectivity index (χ4n) is 13.1. The lowest BCUT2D eigenvalue weighted by Gasteiger charge is -2.34. The number of aromatic nitrogens is 3. The van der Waals surface area contributed by atoms with E-state index in [1.165, 1.54) is 143 Å². The van der Waals surface area contributed by atoms with Gasteiger partial charge in [0, 0.05) is 65.9 Å². The van der Waals surface area contributed by atoms with Crippen LogP contribution in [0.3, 0.4) is 0 Å².